The first-order valence-electron chi connectivity index (χ1n) is 5.71. The zero-order valence-electron chi connectivity index (χ0n) is 10.3. The van der Waals surface area contributed by atoms with Gasteiger partial charge in [-0.15, -0.1) is 11.3 Å². The van der Waals surface area contributed by atoms with Crippen LogP contribution in [0.15, 0.2) is 42.0 Å². The highest BCUT2D eigenvalue weighted by molar-refractivity contribution is 7.13. The Bertz CT molecular complexity index is 675. The Morgan fingerprint density at radius 2 is 2.00 bits per heavy atom. The van der Waals surface area contributed by atoms with E-state index in [-0.39, 0.29) is 0 Å². The molecular weight excluding hydrogens is 242 g/mol. The molecule has 0 aliphatic carbocycles. The molecule has 18 heavy (non-hydrogen) atoms. The molecule has 0 N–H and O–H groups in total. The molecule has 0 saturated heterocycles. The molecule has 0 aliphatic heterocycles. The summed E-state index contributed by atoms with van der Waals surface area (Å²) in [6.45, 7) is 0. The zero-order valence-corrected chi connectivity index (χ0v) is 11.1. The lowest BCUT2D eigenvalue weighted by Gasteiger charge is -2.14. The molecule has 0 atom stereocenters. The molecule has 3 aromatic rings. The molecular formula is C14H13N3S. The van der Waals surface area contributed by atoms with Crippen LogP contribution in [0.5, 0.6) is 0 Å². The number of pyridine rings is 1. The molecule has 2 aromatic heterocycles. The summed E-state index contributed by atoms with van der Waals surface area (Å²) in [4.78, 5) is 12.0. The molecule has 0 radical (unpaired) electrons. The minimum absolute atomic E-state index is 0.970. The first kappa shape index (κ1) is 11.2. The van der Waals surface area contributed by atoms with Gasteiger partial charge in [-0.25, -0.2) is 4.98 Å². The molecule has 0 aliphatic rings. The number of fused-ring (bicyclic) bond motifs is 1. The third kappa shape index (κ3) is 1.84. The molecule has 0 saturated carbocycles. The van der Waals surface area contributed by atoms with Gasteiger partial charge < -0.3 is 4.90 Å². The van der Waals surface area contributed by atoms with Crippen molar-refractivity contribution in [2.24, 2.45) is 0 Å². The fourth-order valence-electron chi connectivity index (χ4n) is 1.94. The van der Waals surface area contributed by atoms with Crippen molar-refractivity contribution in [3.8, 4) is 10.4 Å². The Kier molecular flexibility index (Phi) is 2.72. The van der Waals surface area contributed by atoms with Gasteiger partial charge in [-0.1, -0.05) is 18.2 Å². The minimum atomic E-state index is 0.970. The van der Waals surface area contributed by atoms with Crippen LogP contribution in [-0.4, -0.2) is 24.1 Å². The summed E-state index contributed by atoms with van der Waals surface area (Å²) < 4.78 is 0. The van der Waals surface area contributed by atoms with E-state index in [0.29, 0.717) is 0 Å². The van der Waals surface area contributed by atoms with Crippen molar-refractivity contribution in [1.82, 2.24) is 9.97 Å². The lowest BCUT2D eigenvalue weighted by Crippen LogP contribution is -2.10. The largest absolute Gasteiger partial charge is 0.363 e. The van der Waals surface area contributed by atoms with Crippen molar-refractivity contribution in [2.45, 2.75) is 0 Å². The number of hydrogen-bond donors (Lipinski definition) is 0. The van der Waals surface area contributed by atoms with E-state index in [1.807, 2.05) is 48.9 Å². The molecule has 0 bridgehead atoms. The Balaban J connectivity index is 2.34. The Labute approximate surface area is 110 Å². The minimum Gasteiger partial charge on any atom is -0.363 e. The average Bonchev–Trinajstić information content (AvgIpc) is 2.91. The van der Waals surface area contributed by atoms with Gasteiger partial charge in [0.1, 0.15) is 5.82 Å². The second-order valence-corrected chi connectivity index (χ2v) is 5.19. The number of rotatable bonds is 2. The second-order valence-electron chi connectivity index (χ2n) is 4.31. The molecule has 0 unspecified atom stereocenters. The number of anilines is 1. The molecule has 90 valence electrons. The Morgan fingerprint density at radius 1 is 1.17 bits per heavy atom. The highest BCUT2D eigenvalue weighted by Gasteiger charge is 2.09. The number of hydrogen-bond acceptors (Lipinski definition) is 4. The maximum atomic E-state index is 4.66. The molecule has 2 heterocycles. The summed E-state index contributed by atoms with van der Waals surface area (Å²) >= 11 is 1.65. The van der Waals surface area contributed by atoms with Crippen LogP contribution in [0.25, 0.3) is 21.3 Å². The lowest BCUT2D eigenvalue weighted by molar-refractivity contribution is 1.08. The summed E-state index contributed by atoms with van der Waals surface area (Å²) in [5.74, 6) is 0.970. The van der Waals surface area contributed by atoms with E-state index in [2.05, 4.69) is 22.1 Å². The van der Waals surface area contributed by atoms with Gasteiger partial charge >= 0.3 is 0 Å². The van der Waals surface area contributed by atoms with E-state index < -0.39 is 0 Å². The maximum absolute atomic E-state index is 4.66. The first-order chi connectivity index (χ1) is 8.75. The van der Waals surface area contributed by atoms with Gasteiger partial charge in [0.25, 0.3) is 0 Å². The van der Waals surface area contributed by atoms with E-state index in [4.69, 9.17) is 0 Å². The van der Waals surface area contributed by atoms with Gasteiger partial charge in [-0.2, -0.15) is 0 Å². The smallest absolute Gasteiger partial charge is 0.129 e. The number of benzene rings is 1. The van der Waals surface area contributed by atoms with Gasteiger partial charge in [0.05, 0.1) is 15.9 Å². The van der Waals surface area contributed by atoms with Crippen LogP contribution in [0.3, 0.4) is 0 Å². The number of thiazole rings is 1. The molecule has 3 nitrogen and oxygen atoms in total. The molecule has 1 aromatic carbocycles. The third-order valence-electron chi connectivity index (χ3n) is 2.86. The van der Waals surface area contributed by atoms with Crippen LogP contribution in [0, 0.1) is 0 Å². The van der Waals surface area contributed by atoms with Crippen LogP contribution in [0.1, 0.15) is 0 Å². The van der Waals surface area contributed by atoms with Crippen molar-refractivity contribution < 1.29 is 0 Å². The van der Waals surface area contributed by atoms with Crippen molar-refractivity contribution in [3.05, 3.63) is 42.0 Å². The molecule has 0 fully saturated rings. The van der Waals surface area contributed by atoms with Crippen LogP contribution >= 0.6 is 11.3 Å². The van der Waals surface area contributed by atoms with E-state index in [1.54, 1.807) is 11.3 Å². The van der Waals surface area contributed by atoms with Gasteiger partial charge in [-0.3, -0.25) is 4.98 Å². The highest BCUT2D eigenvalue weighted by Crippen LogP contribution is 2.32. The summed E-state index contributed by atoms with van der Waals surface area (Å²) in [6, 6.07) is 10.3. The standard InChI is InChI=1S/C14H13N3S/c1-17(2)14-7-11(13-8-15-9-18-13)10-5-3-4-6-12(10)16-14/h3-9H,1-2H3. The Morgan fingerprint density at radius 3 is 2.72 bits per heavy atom. The fraction of sp³-hybridized carbons (Fsp3) is 0.143. The maximum Gasteiger partial charge on any atom is 0.129 e. The fourth-order valence-corrected chi connectivity index (χ4v) is 2.60. The molecule has 4 heteroatoms. The van der Waals surface area contributed by atoms with Crippen LogP contribution in [0.4, 0.5) is 5.82 Å². The molecule has 3 rings (SSSR count). The monoisotopic (exact) mass is 255 g/mol. The SMILES string of the molecule is CN(C)c1cc(-c2cncs2)c2ccccc2n1. The van der Waals surface area contributed by atoms with Crippen LogP contribution in [0.2, 0.25) is 0 Å². The van der Waals surface area contributed by atoms with Crippen molar-refractivity contribution >= 4 is 28.1 Å². The van der Waals surface area contributed by atoms with Gasteiger partial charge in [0.15, 0.2) is 0 Å². The molecule has 0 spiro atoms. The van der Waals surface area contributed by atoms with E-state index in [9.17, 15) is 0 Å². The van der Waals surface area contributed by atoms with Gasteiger partial charge in [-0.05, 0) is 12.1 Å². The topological polar surface area (TPSA) is 29.0 Å². The van der Waals surface area contributed by atoms with Gasteiger partial charge in [0.2, 0.25) is 0 Å². The van der Waals surface area contributed by atoms with E-state index in [1.165, 1.54) is 15.8 Å². The first-order valence-corrected chi connectivity index (χ1v) is 6.59. The summed E-state index contributed by atoms with van der Waals surface area (Å²) in [7, 11) is 4.01. The van der Waals surface area contributed by atoms with Crippen LogP contribution < -0.4 is 4.90 Å². The number of aromatic nitrogens is 2. The zero-order chi connectivity index (χ0) is 12.5. The van der Waals surface area contributed by atoms with E-state index >= 15 is 0 Å². The van der Waals surface area contributed by atoms with Crippen LogP contribution in [-0.2, 0) is 0 Å². The third-order valence-corrected chi connectivity index (χ3v) is 3.67. The predicted molar refractivity (Wildman–Crippen MR) is 77.2 cm³/mol. The van der Waals surface area contributed by atoms with Gasteiger partial charge in [0, 0.05) is 31.2 Å². The second kappa shape index (κ2) is 4.38. The lowest BCUT2D eigenvalue weighted by atomic mass is 10.1. The normalized spacial score (nSPS) is 10.8. The van der Waals surface area contributed by atoms with Crippen molar-refractivity contribution in [3.63, 3.8) is 0 Å². The summed E-state index contributed by atoms with van der Waals surface area (Å²) in [5.41, 5.74) is 4.08. The van der Waals surface area contributed by atoms with E-state index in [0.717, 1.165) is 11.3 Å². The molecule has 0 amide bonds. The van der Waals surface area contributed by atoms with Crippen molar-refractivity contribution in [2.75, 3.05) is 19.0 Å². The quantitative estimate of drug-likeness (QED) is 0.702. The number of nitrogens with zero attached hydrogens (tertiary/aromatic N) is 3. The highest BCUT2D eigenvalue weighted by atomic mass is 32.1. The summed E-state index contributed by atoms with van der Waals surface area (Å²) in [5, 5.41) is 1.17. The summed E-state index contributed by atoms with van der Waals surface area (Å²) in [6.07, 6.45) is 1.91. The number of para-hydroxylation sites is 1. The average molecular weight is 255 g/mol. The van der Waals surface area contributed by atoms with Crippen molar-refractivity contribution in [1.29, 1.82) is 0 Å². The predicted octanol–water partition coefficient (Wildman–Crippen LogP) is 3.42. The Hall–Kier alpha value is -1.94.